The fourth-order valence-corrected chi connectivity index (χ4v) is 2.44. The molecule has 0 radical (unpaired) electrons. The maximum Gasteiger partial charge on any atom is 0.0991 e. The van der Waals surface area contributed by atoms with Gasteiger partial charge in [-0.1, -0.05) is 26.0 Å². The van der Waals surface area contributed by atoms with Crippen molar-refractivity contribution >= 4 is 11.8 Å². The van der Waals surface area contributed by atoms with Crippen molar-refractivity contribution in [3.8, 4) is 6.07 Å². The first-order valence-corrected chi connectivity index (χ1v) is 6.44. The number of nitriles is 1. The molecule has 1 rings (SSSR count). The van der Waals surface area contributed by atoms with Gasteiger partial charge in [-0.15, -0.1) is 0 Å². The third-order valence-electron chi connectivity index (χ3n) is 2.16. The summed E-state index contributed by atoms with van der Waals surface area (Å²) < 4.78 is 0. The Bertz CT molecular complexity index is 339. The number of hydrogen-bond acceptors (Lipinski definition) is 2. The molecule has 2 heteroatoms. The molecule has 0 N–H and O–H groups in total. The highest BCUT2D eigenvalue weighted by Crippen LogP contribution is 2.16. The molecule has 1 aromatic carbocycles. The summed E-state index contributed by atoms with van der Waals surface area (Å²) in [5.41, 5.74) is 2.01. The van der Waals surface area contributed by atoms with Crippen molar-refractivity contribution in [2.75, 3.05) is 5.75 Å². The van der Waals surface area contributed by atoms with Gasteiger partial charge in [-0.3, -0.25) is 0 Å². The Kier molecular flexibility index (Phi) is 5.28. The predicted octanol–water partition coefficient (Wildman–Crippen LogP) is 3.84. The third-order valence-corrected chi connectivity index (χ3v) is 3.23. The van der Waals surface area contributed by atoms with Crippen LogP contribution in [0.2, 0.25) is 0 Å². The number of benzene rings is 1. The summed E-state index contributed by atoms with van der Waals surface area (Å²) in [6.07, 6.45) is 1.27. The average Bonchev–Trinajstić information content (AvgIpc) is 2.24. The zero-order chi connectivity index (χ0) is 11.1. The van der Waals surface area contributed by atoms with Gasteiger partial charge in [0.1, 0.15) is 0 Å². The van der Waals surface area contributed by atoms with Gasteiger partial charge in [-0.2, -0.15) is 17.0 Å². The average molecular weight is 219 g/mol. The van der Waals surface area contributed by atoms with Crippen LogP contribution in [-0.2, 0) is 5.75 Å². The van der Waals surface area contributed by atoms with Gasteiger partial charge in [-0.05, 0) is 35.8 Å². The molecule has 0 spiro atoms. The lowest BCUT2D eigenvalue weighted by Gasteiger charge is -2.04. The molecule has 0 unspecified atom stereocenters. The molecule has 15 heavy (non-hydrogen) atoms. The van der Waals surface area contributed by atoms with Gasteiger partial charge in [0.15, 0.2) is 0 Å². The lowest BCUT2D eigenvalue weighted by molar-refractivity contribution is 0.632. The molecular weight excluding hydrogens is 202 g/mol. The highest BCUT2D eigenvalue weighted by atomic mass is 32.2. The minimum absolute atomic E-state index is 0.761. The Morgan fingerprint density at radius 1 is 1.40 bits per heavy atom. The normalized spacial score (nSPS) is 10.3. The van der Waals surface area contributed by atoms with E-state index >= 15 is 0 Å². The second-order valence-corrected chi connectivity index (χ2v) is 5.15. The largest absolute Gasteiger partial charge is 0.192 e. The van der Waals surface area contributed by atoms with E-state index in [0.717, 1.165) is 17.2 Å². The molecule has 1 nitrogen and oxygen atoms in total. The van der Waals surface area contributed by atoms with Gasteiger partial charge in [0.25, 0.3) is 0 Å². The van der Waals surface area contributed by atoms with E-state index in [0.29, 0.717) is 0 Å². The molecule has 0 aromatic heterocycles. The lowest BCUT2D eigenvalue weighted by atomic mass is 10.2. The minimum atomic E-state index is 0.761. The van der Waals surface area contributed by atoms with E-state index in [1.807, 2.05) is 30.0 Å². The van der Waals surface area contributed by atoms with E-state index < -0.39 is 0 Å². The molecule has 1 aromatic rings. The first-order valence-electron chi connectivity index (χ1n) is 5.29. The van der Waals surface area contributed by atoms with Crippen LogP contribution in [0.1, 0.15) is 31.4 Å². The summed E-state index contributed by atoms with van der Waals surface area (Å²) in [5.74, 6) is 3.00. The van der Waals surface area contributed by atoms with Crippen molar-refractivity contribution in [3.63, 3.8) is 0 Å². The van der Waals surface area contributed by atoms with Gasteiger partial charge in [0, 0.05) is 5.75 Å². The van der Waals surface area contributed by atoms with E-state index in [9.17, 15) is 0 Å². The monoisotopic (exact) mass is 219 g/mol. The van der Waals surface area contributed by atoms with E-state index in [2.05, 4.69) is 26.0 Å². The number of thioether (sulfide) groups is 1. The van der Waals surface area contributed by atoms with Crippen LogP contribution in [0.5, 0.6) is 0 Å². The maximum absolute atomic E-state index is 8.75. The fraction of sp³-hybridized carbons (Fsp3) is 0.462. The van der Waals surface area contributed by atoms with Crippen molar-refractivity contribution in [2.45, 2.75) is 26.0 Å². The highest BCUT2D eigenvalue weighted by Gasteiger charge is 1.97. The molecular formula is C13H17NS. The molecule has 0 saturated carbocycles. The smallest absolute Gasteiger partial charge is 0.0991 e. The van der Waals surface area contributed by atoms with Gasteiger partial charge in [0.2, 0.25) is 0 Å². The molecule has 0 atom stereocenters. The standard InChI is InChI=1S/C13H17NS/c1-11(2)6-7-15-10-13-5-3-4-12(8-13)9-14/h3-5,8,11H,6-7,10H2,1-2H3. The van der Waals surface area contributed by atoms with Crippen molar-refractivity contribution in [3.05, 3.63) is 35.4 Å². The second-order valence-electron chi connectivity index (χ2n) is 4.05. The zero-order valence-electron chi connectivity index (χ0n) is 9.36. The second kappa shape index (κ2) is 6.53. The topological polar surface area (TPSA) is 23.8 Å². The van der Waals surface area contributed by atoms with E-state index in [1.54, 1.807) is 0 Å². The Labute approximate surface area is 96.5 Å². The van der Waals surface area contributed by atoms with E-state index in [1.165, 1.54) is 17.7 Å². The summed E-state index contributed by atoms with van der Waals surface area (Å²) in [6.45, 7) is 4.49. The van der Waals surface area contributed by atoms with Crippen LogP contribution in [0.25, 0.3) is 0 Å². The van der Waals surface area contributed by atoms with Crippen LogP contribution in [-0.4, -0.2) is 5.75 Å². The van der Waals surface area contributed by atoms with Crippen molar-refractivity contribution in [2.24, 2.45) is 5.92 Å². The fourth-order valence-electron chi connectivity index (χ4n) is 1.24. The third kappa shape index (κ3) is 4.90. The SMILES string of the molecule is CC(C)CCSCc1cccc(C#N)c1. The summed E-state index contributed by atoms with van der Waals surface area (Å²) >= 11 is 1.94. The maximum atomic E-state index is 8.75. The zero-order valence-corrected chi connectivity index (χ0v) is 10.2. The molecule has 0 saturated heterocycles. The molecule has 0 aliphatic carbocycles. The van der Waals surface area contributed by atoms with Crippen molar-refractivity contribution < 1.29 is 0 Å². The summed E-state index contributed by atoms with van der Waals surface area (Å²) in [5, 5.41) is 8.75. The predicted molar refractivity (Wildman–Crippen MR) is 66.8 cm³/mol. The molecule has 0 aliphatic rings. The Morgan fingerprint density at radius 3 is 2.87 bits per heavy atom. The van der Waals surface area contributed by atoms with Gasteiger partial charge in [-0.25, -0.2) is 0 Å². The molecule has 0 heterocycles. The number of nitrogens with zero attached hydrogens (tertiary/aromatic N) is 1. The first-order chi connectivity index (χ1) is 7.22. The van der Waals surface area contributed by atoms with Gasteiger partial charge < -0.3 is 0 Å². The van der Waals surface area contributed by atoms with Crippen molar-refractivity contribution in [1.82, 2.24) is 0 Å². The summed E-state index contributed by atoms with van der Waals surface area (Å²) in [4.78, 5) is 0. The molecule has 0 amide bonds. The van der Waals surface area contributed by atoms with Crippen LogP contribution < -0.4 is 0 Å². The van der Waals surface area contributed by atoms with Gasteiger partial charge >= 0.3 is 0 Å². The molecule has 0 bridgehead atoms. The van der Waals surface area contributed by atoms with Crippen molar-refractivity contribution in [1.29, 1.82) is 5.26 Å². The molecule has 0 fully saturated rings. The highest BCUT2D eigenvalue weighted by molar-refractivity contribution is 7.98. The molecule has 0 aliphatic heterocycles. The number of rotatable bonds is 5. The van der Waals surface area contributed by atoms with Gasteiger partial charge in [0.05, 0.1) is 11.6 Å². The summed E-state index contributed by atoms with van der Waals surface area (Å²) in [7, 11) is 0. The van der Waals surface area contributed by atoms with Crippen LogP contribution in [0.15, 0.2) is 24.3 Å². The van der Waals surface area contributed by atoms with E-state index in [4.69, 9.17) is 5.26 Å². The first kappa shape index (κ1) is 12.1. The van der Waals surface area contributed by atoms with Crippen LogP contribution in [0.4, 0.5) is 0 Å². The molecule has 80 valence electrons. The Morgan fingerprint density at radius 2 is 2.20 bits per heavy atom. The lowest BCUT2D eigenvalue weighted by Crippen LogP contribution is -1.90. The quantitative estimate of drug-likeness (QED) is 0.703. The number of hydrogen-bond donors (Lipinski definition) is 0. The minimum Gasteiger partial charge on any atom is -0.192 e. The Hall–Kier alpha value is -0.940. The van der Waals surface area contributed by atoms with Crippen LogP contribution in [0.3, 0.4) is 0 Å². The van der Waals surface area contributed by atoms with Crippen LogP contribution in [0, 0.1) is 17.2 Å². The Balaban J connectivity index is 2.35. The van der Waals surface area contributed by atoms with Crippen LogP contribution >= 0.6 is 11.8 Å². The van der Waals surface area contributed by atoms with E-state index in [-0.39, 0.29) is 0 Å². The summed E-state index contributed by atoms with van der Waals surface area (Å²) in [6, 6.07) is 10.0.